The molecule has 2 heteroatoms. The van der Waals surface area contributed by atoms with Gasteiger partial charge in [0.25, 0.3) is 0 Å². The zero-order valence-electron chi connectivity index (χ0n) is 11.1. The summed E-state index contributed by atoms with van der Waals surface area (Å²) in [6, 6.07) is 13.3. The lowest BCUT2D eigenvalue weighted by Gasteiger charge is -2.27. The quantitative estimate of drug-likeness (QED) is 0.574. The molecular formula is C17H16Br2. The van der Waals surface area contributed by atoms with E-state index >= 15 is 0 Å². The maximum Gasteiger partial charge on any atom is 0.0187 e. The van der Waals surface area contributed by atoms with Crippen LogP contribution < -0.4 is 0 Å². The largest absolute Gasteiger partial charge is 0.0653 e. The molecule has 0 heterocycles. The molecule has 0 spiro atoms. The lowest BCUT2D eigenvalue weighted by Crippen LogP contribution is -2.20. The molecule has 0 bridgehead atoms. The summed E-state index contributed by atoms with van der Waals surface area (Å²) in [7, 11) is 0. The minimum Gasteiger partial charge on any atom is -0.0653 e. The van der Waals surface area contributed by atoms with Crippen molar-refractivity contribution in [3.8, 4) is 11.1 Å². The van der Waals surface area contributed by atoms with E-state index in [4.69, 9.17) is 0 Å². The third-order valence-corrected chi connectivity index (χ3v) is 5.18. The van der Waals surface area contributed by atoms with Crippen molar-refractivity contribution in [3.05, 3.63) is 56.5 Å². The number of hydrogen-bond donors (Lipinski definition) is 0. The molecule has 0 saturated heterocycles. The van der Waals surface area contributed by atoms with Crippen LogP contribution in [-0.4, -0.2) is 0 Å². The second-order valence-electron chi connectivity index (χ2n) is 5.46. The van der Waals surface area contributed by atoms with Crippen molar-refractivity contribution in [2.24, 2.45) is 0 Å². The van der Waals surface area contributed by atoms with Gasteiger partial charge in [-0.05, 0) is 52.9 Å². The lowest BCUT2D eigenvalue weighted by atomic mass is 9.77. The van der Waals surface area contributed by atoms with Crippen LogP contribution in [0.2, 0.25) is 0 Å². The third-order valence-electron chi connectivity index (χ3n) is 4.19. The van der Waals surface area contributed by atoms with Crippen LogP contribution in [-0.2, 0) is 5.41 Å². The van der Waals surface area contributed by atoms with E-state index in [1.165, 1.54) is 44.0 Å². The first-order valence-corrected chi connectivity index (χ1v) is 8.25. The predicted molar refractivity (Wildman–Crippen MR) is 88.6 cm³/mol. The van der Waals surface area contributed by atoms with Crippen LogP contribution in [0.3, 0.4) is 0 Å². The second-order valence-corrected chi connectivity index (χ2v) is 7.29. The minimum atomic E-state index is 0.132. The van der Waals surface area contributed by atoms with Gasteiger partial charge in [-0.2, -0.15) is 0 Å². The molecule has 2 aromatic rings. The first kappa shape index (κ1) is 13.4. The minimum absolute atomic E-state index is 0.132. The van der Waals surface area contributed by atoms with Crippen LogP contribution in [0.1, 0.15) is 37.8 Å². The molecule has 0 aromatic heterocycles. The SMILES string of the molecule is CCCC1(C)c2cc(Br)ccc2-c2ccc(Br)cc21. The van der Waals surface area contributed by atoms with Gasteiger partial charge in [0, 0.05) is 14.4 Å². The van der Waals surface area contributed by atoms with Gasteiger partial charge in [0.05, 0.1) is 0 Å². The molecule has 0 nitrogen and oxygen atoms in total. The fourth-order valence-corrected chi connectivity index (χ4v) is 4.05. The van der Waals surface area contributed by atoms with E-state index < -0.39 is 0 Å². The Morgan fingerprint density at radius 3 is 1.79 bits per heavy atom. The zero-order chi connectivity index (χ0) is 13.6. The van der Waals surface area contributed by atoms with Gasteiger partial charge in [-0.3, -0.25) is 0 Å². The van der Waals surface area contributed by atoms with Crippen molar-refractivity contribution in [2.75, 3.05) is 0 Å². The molecule has 0 radical (unpaired) electrons. The number of rotatable bonds is 2. The first-order valence-electron chi connectivity index (χ1n) is 6.66. The van der Waals surface area contributed by atoms with Gasteiger partial charge in [0.2, 0.25) is 0 Å². The molecule has 1 aliphatic carbocycles. The standard InChI is InChI=1S/C17H16Br2/c1-3-8-17(2)15-9-11(18)4-6-13(15)14-7-5-12(19)10-16(14)17/h4-7,9-10H,3,8H2,1-2H3. The van der Waals surface area contributed by atoms with Crippen molar-refractivity contribution in [2.45, 2.75) is 32.1 Å². The zero-order valence-corrected chi connectivity index (χ0v) is 14.3. The Bertz CT molecular complexity index is 592. The Morgan fingerprint density at radius 1 is 0.895 bits per heavy atom. The van der Waals surface area contributed by atoms with Gasteiger partial charge in [0.15, 0.2) is 0 Å². The topological polar surface area (TPSA) is 0 Å². The third kappa shape index (κ3) is 2.00. The van der Waals surface area contributed by atoms with Gasteiger partial charge < -0.3 is 0 Å². The van der Waals surface area contributed by atoms with E-state index in [-0.39, 0.29) is 5.41 Å². The highest BCUT2D eigenvalue weighted by Gasteiger charge is 2.38. The van der Waals surface area contributed by atoms with Crippen LogP contribution in [0.25, 0.3) is 11.1 Å². The molecule has 0 saturated carbocycles. The van der Waals surface area contributed by atoms with Gasteiger partial charge in [-0.1, -0.05) is 64.3 Å². The molecule has 0 atom stereocenters. The maximum atomic E-state index is 3.62. The smallest absolute Gasteiger partial charge is 0.0187 e. The predicted octanol–water partition coefficient (Wildman–Crippen LogP) is 6.30. The Hall–Kier alpha value is -0.600. The van der Waals surface area contributed by atoms with Crippen LogP contribution in [0.4, 0.5) is 0 Å². The van der Waals surface area contributed by atoms with Gasteiger partial charge in [-0.15, -0.1) is 0 Å². The maximum absolute atomic E-state index is 3.62. The Kier molecular flexibility index (Phi) is 3.34. The van der Waals surface area contributed by atoms with E-state index in [9.17, 15) is 0 Å². The number of benzene rings is 2. The van der Waals surface area contributed by atoms with Crippen molar-refractivity contribution in [3.63, 3.8) is 0 Å². The summed E-state index contributed by atoms with van der Waals surface area (Å²) in [6.07, 6.45) is 2.37. The Balaban J connectivity index is 2.32. The first-order chi connectivity index (χ1) is 9.06. The van der Waals surface area contributed by atoms with Crippen molar-refractivity contribution >= 4 is 31.9 Å². The van der Waals surface area contributed by atoms with E-state index in [1.807, 2.05) is 0 Å². The summed E-state index contributed by atoms with van der Waals surface area (Å²) in [5.41, 5.74) is 5.82. The average Bonchev–Trinajstić information content (AvgIpc) is 2.60. The molecule has 0 unspecified atom stereocenters. The number of halogens is 2. The highest BCUT2D eigenvalue weighted by Crippen LogP contribution is 2.52. The van der Waals surface area contributed by atoms with E-state index in [1.54, 1.807) is 0 Å². The Morgan fingerprint density at radius 2 is 1.37 bits per heavy atom. The fraction of sp³-hybridized carbons (Fsp3) is 0.294. The lowest BCUT2D eigenvalue weighted by molar-refractivity contribution is 0.523. The van der Waals surface area contributed by atoms with E-state index in [2.05, 4.69) is 82.1 Å². The summed E-state index contributed by atoms with van der Waals surface area (Å²) < 4.78 is 2.33. The average molecular weight is 380 g/mol. The highest BCUT2D eigenvalue weighted by atomic mass is 79.9. The van der Waals surface area contributed by atoms with Crippen LogP contribution in [0.5, 0.6) is 0 Å². The van der Waals surface area contributed by atoms with Crippen molar-refractivity contribution in [1.82, 2.24) is 0 Å². The summed E-state index contributed by atoms with van der Waals surface area (Å²) in [4.78, 5) is 0. The van der Waals surface area contributed by atoms with E-state index in [0.29, 0.717) is 0 Å². The summed E-state index contributed by atoms with van der Waals surface area (Å²) >= 11 is 7.24. The number of fused-ring (bicyclic) bond motifs is 3. The molecule has 2 aromatic carbocycles. The molecule has 0 amide bonds. The van der Waals surface area contributed by atoms with Crippen LogP contribution in [0.15, 0.2) is 45.3 Å². The molecule has 98 valence electrons. The van der Waals surface area contributed by atoms with Crippen molar-refractivity contribution < 1.29 is 0 Å². The molecule has 1 aliphatic rings. The summed E-state index contributed by atoms with van der Waals surface area (Å²) in [6.45, 7) is 4.64. The molecular weight excluding hydrogens is 364 g/mol. The summed E-state index contributed by atoms with van der Waals surface area (Å²) in [5, 5.41) is 0. The Labute approximate surface area is 131 Å². The van der Waals surface area contributed by atoms with Gasteiger partial charge in [0.1, 0.15) is 0 Å². The van der Waals surface area contributed by atoms with E-state index in [0.717, 1.165) is 0 Å². The number of hydrogen-bond acceptors (Lipinski definition) is 0. The normalized spacial score (nSPS) is 15.2. The van der Waals surface area contributed by atoms with Gasteiger partial charge >= 0.3 is 0 Å². The van der Waals surface area contributed by atoms with Crippen LogP contribution in [0, 0.1) is 0 Å². The summed E-state index contributed by atoms with van der Waals surface area (Å²) in [5.74, 6) is 0. The van der Waals surface area contributed by atoms with Gasteiger partial charge in [-0.25, -0.2) is 0 Å². The molecule has 0 aliphatic heterocycles. The highest BCUT2D eigenvalue weighted by molar-refractivity contribution is 9.10. The van der Waals surface area contributed by atoms with Crippen molar-refractivity contribution in [1.29, 1.82) is 0 Å². The monoisotopic (exact) mass is 378 g/mol. The molecule has 3 rings (SSSR count). The molecule has 0 N–H and O–H groups in total. The van der Waals surface area contributed by atoms with Crippen LogP contribution >= 0.6 is 31.9 Å². The fourth-order valence-electron chi connectivity index (χ4n) is 3.33. The molecule has 0 fully saturated rings. The molecule has 19 heavy (non-hydrogen) atoms. The second kappa shape index (κ2) is 4.75.